The van der Waals surface area contributed by atoms with E-state index in [1.807, 2.05) is 11.3 Å². The van der Waals surface area contributed by atoms with Crippen LogP contribution in [0.5, 0.6) is 0 Å². The standard InChI is InChI=1S/C13H23N3S/c1-10-12(17-11(2)15-10)9-13(3,4)16-7-5-14-6-8-16/h14H,5-9H2,1-4H3. The number of aryl methyl sites for hydroxylation is 2. The summed E-state index contributed by atoms with van der Waals surface area (Å²) in [5, 5.41) is 4.60. The van der Waals surface area contributed by atoms with Crippen LogP contribution in [0.25, 0.3) is 0 Å². The Balaban J connectivity index is 2.07. The molecule has 0 atom stereocenters. The summed E-state index contributed by atoms with van der Waals surface area (Å²) in [6, 6.07) is 0. The van der Waals surface area contributed by atoms with E-state index >= 15 is 0 Å². The molecule has 0 unspecified atom stereocenters. The van der Waals surface area contributed by atoms with Crippen LogP contribution in [0.2, 0.25) is 0 Å². The van der Waals surface area contributed by atoms with Crippen LogP contribution in [0.3, 0.4) is 0 Å². The third-order valence-electron chi connectivity index (χ3n) is 3.57. The first-order chi connectivity index (χ1) is 7.99. The molecule has 1 aromatic rings. The molecule has 2 heterocycles. The molecular formula is C13H23N3S. The lowest BCUT2D eigenvalue weighted by molar-refractivity contribution is 0.104. The van der Waals surface area contributed by atoms with Crippen molar-refractivity contribution in [3.63, 3.8) is 0 Å². The van der Waals surface area contributed by atoms with Gasteiger partial charge in [-0.1, -0.05) is 0 Å². The minimum absolute atomic E-state index is 0.242. The van der Waals surface area contributed by atoms with Crippen LogP contribution in [0, 0.1) is 13.8 Å². The summed E-state index contributed by atoms with van der Waals surface area (Å²) in [5.41, 5.74) is 1.46. The maximum Gasteiger partial charge on any atom is 0.0900 e. The Labute approximate surface area is 108 Å². The number of hydrogen-bond acceptors (Lipinski definition) is 4. The van der Waals surface area contributed by atoms with Crippen LogP contribution < -0.4 is 5.32 Å². The highest BCUT2D eigenvalue weighted by atomic mass is 32.1. The third-order valence-corrected chi connectivity index (χ3v) is 4.64. The van der Waals surface area contributed by atoms with E-state index in [0.29, 0.717) is 0 Å². The van der Waals surface area contributed by atoms with Crippen LogP contribution in [-0.4, -0.2) is 41.6 Å². The fourth-order valence-corrected chi connectivity index (χ4v) is 3.67. The van der Waals surface area contributed by atoms with E-state index in [9.17, 15) is 0 Å². The van der Waals surface area contributed by atoms with Crippen LogP contribution in [0.1, 0.15) is 29.4 Å². The molecule has 4 heteroatoms. The molecule has 1 fully saturated rings. The van der Waals surface area contributed by atoms with E-state index in [0.717, 1.165) is 32.6 Å². The highest BCUT2D eigenvalue weighted by Crippen LogP contribution is 2.26. The van der Waals surface area contributed by atoms with Gasteiger partial charge in [-0.3, -0.25) is 4.90 Å². The Kier molecular flexibility index (Phi) is 3.85. The predicted octanol–water partition coefficient (Wildman–Crippen LogP) is 1.99. The molecule has 0 aromatic carbocycles. The molecule has 0 amide bonds. The van der Waals surface area contributed by atoms with E-state index < -0.39 is 0 Å². The summed E-state index contributed by atoms with van der Waals surface area (Å²) < 4.78 is 0. The Morgan fingerprint density at radius 1 is 1.29 bits per heavy atom. The average molecular weight is 253 g/mol. The Morgan fingerprint density at radius 2 is 1.94 bits per heavy atom. The van der Waals surface area contributed by atoms with Crippen molar-refractivity contribution in [2.45, 2.75) is 39.7 Å². The fourth-order valence-electron chi connectivity index (χ4n) is 2.51. The largest absolute Gasteiger partial charge is 0.314 e. The number of rotatable bonds is 3. The second-order valence-corrected chi connectivity index (χ2v) is 6.76. The van der Waals surface area contributed by atoms with Crippen molar-refractivity contribution >= 4 is 11.3 Å². The van der Waals surface area contributed by atoms with Gasteiger partial charge in [-0.05, 0) is 27.7 Å². The topological polar surface area (TPSA) is 28.2 Å². The lowest BCUT2D eigenvalue weighted by Crippen LogP contribution is -2.54. The van der Waals surface area contributed by atoms with Crippen molar-refractivity contribution in [1.29, 1.82) is 0 Å². The van der Waals surface area contributed by atoms with Crippen LogP contribution in [-0.2, 0) is 6.42 Å². The van der Waals surface area contributed by atoms with Gasteiger partial charge in [0, 0.05) is 43.0 Å². The van der Waals surface area contributed by atoms with Gasteiger partial charge in [-0.2, -0.15) is 0 Å². The third kappa shape index (κ3) is 3.06. The molecule has 96 valence electrons. The lowest BCUT2D eigenvalue weighted by Gasteiger charge is -2.41. The molecule has 1 saturated heterocycles. The average Bonchev–Trinajstić information content (AvgIpc) is 2.58. The van der Waals surface area contributed by atoms with Gasteiger partial charge in [-0.25, -0.2) is 4.98 Å². The van der Waals surface area contributed by atoms with Crippen molar-refractivity contribution in [2.75, 3.05) is 26.2 Å². The van der Waals surface area contributed by atoms with Gasteiger partial charge >= 0.3 is 0 Å². The molecule has 0 spiro atoms. The quantitative estimate of drug-likeness (QED) is 0.893. The Hall–Kier alpha value is -0.450. The molecule has 17 heavy (non-hydrogen) atoms. The van der Waals surface area contributed by atoms with Crippen LogP contribution in [0.15, 0.2) is 0 Å². The van der Waals surface area contributed by atoms with Gasteiger partial charge in [-0.15, -0.1) is 11.3 Å². The maximum absolute atomic E-state index is 4.53. The van der Waals surface area contributed by atoms with Crippen molar-refractivity contribution in [1.82, 2.24) is 15.2 Å². The summed E-state index contributed by atoms with van der Waals surface area (Å²) in [7, 11) is 0. The molecule has 1 aliphatic rings. The molecule has 3 nitrogen and oxygen atoms in total. The number of nitrogens with zero attached hydrogens (tertiary/aromatic N) is 2. The molecule has 1 aromatic heterocycles. The van der Waals surface area contributed by atoms with Gasteiger partial charge in [0.15, 0.2) is 0 Å². The summed E-state index contributed by atoms with van der Waals surface area (Å²) in [6.45, 7) is 13.5. The molecular weight excluding hydrogens is 230 g/mol. The van der Waals surface area contributed by atoms with Gasteiger partial charge < -0.3 is 5.32 Å². The van der Waals surface area contributed by atoms with E-state index in [-0.39, 0.29) is 5.54 Å². The zero-order valence-electron chi connectivity index (χ0n) is 11.3. The zero-order valence-corrected chi connectivity index (χ0v) is 12.2. The van der Waals surface area contributed by atoms with Crippen molar-refractivity contribution < 1.29 is 0 Å². The molecule has 1 N–H and O–H groups in total. The molecule has 0 saturated carbocycles. The summed E-state index contributed by atoms with van der Waals surface area (Å²) in [6.07, 6.45) is 1.12. The number of aromatic nitrogens is 1. The summed E-state index contributed by atoms with van der Waals surface area (Å²) >= 11 is 1.85. The van der Waals surface area contributed by atoms with Gasteiger partial charge in [0.05, 0.1) is 10.7 Å². The van der Waals surface area contributed by atoms with Gasteiger partial charge in [0.2, 0.25) is 0 Å². The predicted molar refractivity (Wildman–Crippen MR) is 73.8 cm³/mol. The number of thiazole rings is 1. The first kappa shape index (κ1) is 13.0. The normalized spacial score (nSPS) is 18.6. The molecule has 1 aliphatic heterocycles. The maximum atomic E-state index is 4.53. The minimum Gasteiger partial charge on any atom is -0.314 e. The van der Waals surface area contributed by atoms with E-state index in [2.05, 4.69) is 42.9 Å². The van der Waals surface area contributed by atoms with Gasteiger partial charge in [0.1, 0.15) is 0 Å². The van der Waals surface area contributed by atoms with Gasteiger partial charge in [0.25, 0.3) is 0 Å². The van der Waals surface area contributed by atoms with E-state index in [4.69, 9.17) is 0 Å². The second-order valence-electron chi connectivity index (χ2n) is 5.47. The molecule has 0 bridgehead atoms. The molecule has 2 rings (SSSR count). The molecule has 0 radical (unpaired) electrons. The Bertz CT molecular complexity index is 378. The monoisotopic (exact) mass is 253 g/mol. The first-order valence-electron chi connectivity index (χ1n) is 6.38. The van der Waals surface area contributed by atoms with E-state index in [1.54, 1.807) is 0 Å². The Morgan fingerprint density at radius 3 is 2.47 bits per heavy atom. The molecule has 0 aliphatic carbocycles. The highest BCUT2D eigenvalue weighted by Gasteiger charge is 2.29. The fraction of sp³-hybridized carbons (Fsp3) is 0.769. The van der Waals surface area contributed by atoms with Crippen molar-refractivity contribution in [3.05, 3.63) is 15.6 Å². The minimum atomic E-state index is 0.242. The van der Waals surface area contributed by atoms with Crippen LogP contribution in [0.4, 0.5) is 0 Å². The van der Waals surface area contributed by atoms with E-state index in [1.165, 1.54) is 15.6 Å². The summed E-state index contributed by atoms with van der Waals surface area (Å²) in [4.78, 5) is 8.57. The number of nitrogens with one attached hydrogen (secondary N) is 1. The zero-order chi connectivity index (χ0) is 12.5. The second kappa shape index (κ2) is 5.04. The first-order valence-corrected chi connectivity index (χ1v) is 7.19. The number of hydrogen-bond donors (Lipinski definition) is 1. The SMILES string of the molecule is Cc1nc(C)c(CC(C)(C)N2CCNCC2)s1. The van der Waals surface area contributed by atoms with Crippen LogP contribution >= 0.6 is 11.3 Å². The lowest BCUT2D eigenvalue weighted by atomic mass is 9.95. The van der Waals surface area contributed by atoms with Crippen molar-refractivity contribution in [2.24, 2.45) is 0 Å². The summed E-state index contributed by atoms with van der Waals surface area (Å²) in [5.74, 6) is 0. The smallest absolute Gasteiger partial charge is 0.0900 e. The highest BCUT2D eigenvalue weighted by molar-refractivity contribution is 7.11. The van der Waals surface area contributed by atoms with Crippen molar-refractivity contribution in [3.8, 4) is 0 Å². The number of piperazine rings is 1.